The molecule has 1 N–H and O–H groups in total. The Hall–Kier alpha value is -2.17. The monoisotopic (exact) mass is 288 g/mol. The maximum atomic E-state index is 13.3. The van der Waals surface area contributed by atoms with E-state index in [1.165, 1.54) is 12.1 Å². The van der Waals surface area contributed by atoms with Gasteiger partial charge in [-0.05, 0) is 42.9 Å². The first-order chi connectivity index (χ1) is 9.97. The Balaban J connectivity index is 1.83. The Bertz CT molecular complexity index is 640. The SMILES string of the molecule is Cc1ccc(F)cc1NC(=O)[C@H]1[C@@H](C(=O)[O-])[C@H]2C=C[C@@H]1C2. The molecule has 1 saturated carbocycles. The van der Waals surface area contributed by atoms with Crippen LogP contribution in [-0.2, 0) is 9.59 Å². The van der Waals surface area contributed by atoms with Crippen molar-refractivity contribution in [2.24, 2.45) is 23.7 Å². The molecule has 1 aromatic carbocycles. The zero-order valence-electron chi connectivity index (χ0n) is 11.5. The third kappa shape index (κ3) is 2.33. The van der Waals surface area contributed by atoms with Crippen molar-refractivity contribution in [1.82, 2.24) is 0 Å². The highest BCUT2D eigenvalue weighted by atomic mass is 19.1. The summed E-state index contributed by atoms with van der Waals surface area (Å²) in [6, 6.07) is 4.13. The number of aryl methyl sites for hydroxylation is 1. The lowest BCUT2D eigenvalue weighted by atomic mass is 9.82. The third-order valence-corrected chi connectivity index (χ3v) is 4.49. The topological polar surface area (TPSA) is 69.2 Å². The molecule has 0 radical (unpaired) electrons. The minimum absolute atomic E-state index is 0.0771. The first-order valence-corrected chi connectivity index (χ1v) is 6.93. The van der Waals surface area contributed by atoms with Crippen LogP contribution in [0.15, 0.2) is 30.4 Å². The average Bonchev–Trinajstić information content (AvgIpc) is 3.03. The molecule has 0 unspecified atom stereocenters. The Morgan fingerprint density at radius 1 is 1.24 bits per heavy atom. The van der Waals surface area contributed by atoms with Gasteiger partial charge in [0.1, 0.15) is 5.82 Å². The van der Waals surface area contributed by atoms with Gasteiger partial charge in [0.05, 0.1) is 5.92 Å². The summed E-state index contributed by atoms with van der Waals surface area (Å²) >= 11 is 0. The van der Waals surface area contributed by atoms with Gasteiger partial charge in [-0.1, -0.05) is 18.2 Å². The van der Waals surface area contributed by atoms with Crippen molar-refractivity contribution < 1.29 is 19.1 Å². The number of carbonyl (C=O) groups excluding carboxylic acids is 2. The molecule has 1 fully saturated rings. The zero-order chi connectivity index (χ0) is 15.1. The second-order valence-corrected chi connectivity index (χ2v) is 5.77. The second-order valence-electron chi connectivity index (χ2n) is 5.77. The van der Waals surface area contributed by atoms with E-state index in [0.29, 0.717) is 12.1 Å². The largest absolute Gasteiger partial charge is 0.550 e. The van der Waals surface area contributed by atoms with Gasteiger partial charge >= 0.3 is 0 Å². The number of aliphatic carboxylic acids is 1. The fourth-order valence-electron chi connectivity index (χ4n) is 3.45. The van der Waals surface area contributed by atoms with E-state index in [0.717, 1.165) is 5.56 Å². The highest BCUT2D eigenvalue weighted by molar-refractivity contribution is 5.96. The number of carboxylic acids is 1. The predicted octanol–water partition coefficient (Wildman–Crippen LogP) is 1.26. The summed E-state index contributed by atoms with van der Waals surface area (Å²) in [5, 5.41) is 14.0. The molecule has 3 rings (SSSR count). The molecule has 5 heteroatoms. The van der Waals surface area contributed by atoms with Crippen LogP contribution in [0, 0.1) is 36.4 Å². The number of hydrogen-bond acceptors (Lipinski definition) is 3. The number of carboxylic acid groups (broad SMARTS) is 1. The van der Waals surface area contributed by atoms with Crippen LogP contribution in [-0.4, -0.2) is 11.9 Å². The highest BCUT2D eigenvalue weighted by Gasteiger charge is 2.48. The Morgan fingerprint density at radius 3 is 2.57 bits per heavy atom. The van der Waals surface area contributed by atoms with Gasteiger partial charge in [-0.25, -0.2) is 4.39 Å². The number of nitrogens with one attached hydrogen (secondary N) is 1. The van der Waals surface area contributed by atoms with Gasteiger partial charge in [0, 0.05) is 17.6 Å². The molecule has 21 heavy (non-hydrogen) atoms. The average molecular weight is 288 g/mol. The number of halogens is 1. The molecule has 4 atom stereocenters. The van der Waals surface area contributed by atoms with E-state index in [1.54, 1.807) is 13.0 Å². The molecule has 0 aliphatic heterocycles. The van der Waals surface area contributed by atoms with Crippen molar-refractivity contribution in [2.45, 2.75) is 13.3 Å². The van der Waals surface area contributed by atoms with E-state index in [2.05, 4.69) is 5.32 Å². The van der Waals surface area contributed by atoms with Crippen molar-refractivity contribution in [3.05, 3.63) is 41.7 Å². The van der Waals surface area contributed by atoms with Gasteiger partial charge in [-0.15, -0.1) is 0 Å². The lowest BCUT2D eigenvalue weighted by Gasteiger charge is -2.28. The maximum Gasteiger partial charge on any atom is 0.228 e. The zero-order valence-corrected chi connectivity index (χ0v) is 11.5. The van der Waals surface area contributed by atoms with Gasteiger partial charge < -0.3 is 15.2 Å². The van der Waals surface area contributed by atoms with E-state index in [4.69, 9.17) is 0 Å². The first-order valence-electron chi connectivity index (χ1n) is 6.93. The first kappa shape index (κ1) is 13.8. The minimum atomic E-state index is -1.19. The summed E-state index contributed by atoms with van der Waals surface area (Å²) in [7, 11) is 0. The standard InChI is InChI=1S/C16H16FNO3/c1-8-2-5-11(17)7-12(8)18-15(19)13-9-3-4-10(6-9)14(13)16(20)21/h2-5,7,9-10,13-14H,6H2,1H3,(H,18,19)(H,20,21)/p-1/t9-,10+,13-,14+/m1/s1. The maximum absolute atomic E-state index is 13.3. The molecule has 2 aliphatic carbocycles. The molecule has 2 bridgehead atoms. The van der Waals surface area contributed by atoms with Gasteiger partial charge in [0.25, 0.3) is 0 Å². The molecule has 1 aromatic rings. The smallest absolute Gasteiger partial charge is 0.228 e. The van der Waals surface area contributed by atoms with Crippen molar-refractivity contribution in [1.29, 1.82) is 0 Å². The van der Waals surface area contributed by atoms with Gasteiger partial charge in [-0.3, -0.25) is 4.79 Å². The summed E-state index contributed by atoms with van der Waals surface area (Å²) in [6.07, 6.45) is 4.41. The molecule has 0 heterocycles. The number of rotatable bonds is 3. The lowest BCUT2D eigenvalue weighted by molar-refractivity contribution is -0.313. The molecular weight excluding hydrogens is 273 g/mol. The predicted molar refractivity (Wildman–Crippen MR) is 72.5 cm³/mol. The molecule has 0 aromatic heterocycles. The highest BCUT2D eigenvalue weighted by Crippen LogP contribution is 2.48. The van der Waals surface area contributed by atoms with E-state index < -0.39 is 23.6 Å². The molecule has 4 nitrogen and oxygen atoms in total. The summed E-state index contributed by atoms with van der Waals surface area (Å²) < 4.78 is 13.3. The fourth-order valence-corrected chi connectivity index (χ4v) is 3.45. The van der Waals surface area contributed by atoms with Crippen LogP contribution < -0.4 is 10.4 Å². The van der Waals surface area contributed by atoms with Crippen LogP contribution in [0.3, 0.4) is 0 Å². The summed E-state index contributed by atoms with van der Waals surface area (Å²) in [6.45, 7) is 1.76. The van der Waals surface area contributed by atoms with Crippen molar-refractivity contribution in [2.75, 3.05) is 5.32 Å². The number of carbonyl (C=O) groups is 2. The van der Waals surface area contributed by atoms with Crippen LogP contribution >= 0.6 is 0 Å². The molecule has 0 spiro atoms. The molecular formula is C16H15FNO3-. The Kier molecular flexibility index (Phi) is 3.27. The molecule has 0 saturated heterocycles. The Labute approximate surface area is 121 Å². The number of benzene rings is 1. The van der Waals surface area contributed by atoms with Crippen LogP contribution in [0.5, 0.6) is 0 Å². The number of allylic oxidation sites excluding steroid dienone is 2. The van der Waals surface area contributed by atoms with Gasteiger partial charge in [-0.2, -0.15) is 0 Å². The fraction of sp³-hybridized carbons (Fsp3) is 0.375. The van der Waals surface area contributed by atoms with E-state index >= 15 is 0 Å². The summed E-state index contributed by atoms with van der Waals surface area (Å²) in [5.74, 6) is -3.67. The summed E-state index contributed by atoms with van der Waals surface area (Å²) in [4.78, 5) is 23.7. The number of amides is 1. The van der Waals surface area contributed by atoms with Crippen molar-refractivity contribution in [3.8, 4) is 0 Å². The summed E-state index contributed by atoms with van der Waals surface area (Å²) in [5.41, 5.74) is 1.11. The van der Waals surface area contributed by atoms with Crippen LogP contribution in [0.25, 0.3) is 0 Å². The lowest BCUT2D eigenvalue weighted by Crippen LogP contribution is -2.42. The van der Waals surface area contributed by atoms with Crippen LogP contribution in [0.1, 0.15) is 12.0 Å². The quantitative estimate of drug-likeness (QED) is 0.851. The Morgan fingerprint density at radius 2 is 1.90 bits per heavy atom. The van der Waals surface area contributed by atoms with Gasteiger partial charge in [0.2, 0.25) is 5.91 Å². The number of anilines is 1. The molecule has 110 valence electrons. The third-order valence-electron chi connectivity index (χ3n) is 4.49. The van der Waals surface area contributed by atoms with Crippen LogP contribution in [0.4, 0.5) is 10.1 Å². The van der Waals surface area contributed by atoms with E-state index in [9.17, 15) is 19.1 Å². The van der Waals surface area contributed by atoms with E-state index in [1.807, 2.05) is 12.2 Å². The van der Waals surface area contributed by atoms with Gasteiger partial charge in [0.15, 0.2) is 0 Å². The number of fused-ring (bicyclic) bond motifs is 2. The van der Waals surface area contributed by atoms with E-state index in [-0.39, 0.29) is 17.7 Å². The molecule has 2 aliphatic rings. The minimum Gasteiger partial charge on any atom is -0.550 e. The van der Waals surface area contributed by atoms with Crippen molar-refractivity contribution >= 4 is 17.6 Å². The number of hydrogen-bond donors (Lipinski definition) is 1. The normalized spacial score (nSPS) is 29.6. The van der Waals surface area contributed by atoms with Crippen LogP contribution in [0.2, 0.25) is 0 Å². The second kappa shape index (κ2) is 4.98. The van der Waals surface area contributed by atoms with Crippen molar-refractivity contribution in [3.63, 3.8) is 0 Å². The molecule has 1 amide bonds.